The standard InChI is InChI=1S/C11H14N2O6/c14-4-7-9(16)10(17)11(18-7)19-8-2-1-6(3-12-8)13-5-15/h1-3,5,7,9-11,14,16-17H,4H2,(H,13,15)/t7-,9-,10-,11+/m1/s1. The molecule has 8 heteroatoms. The predicted molar refractivity (Wildman–Crippen MR) is 62.3 cm³/mol. The third-order valence-electron chi connectivity index (χ3n) is 2.70. The molecule has 0 spiro atoms. The molecule has 0 radical (unpaired) electrons. The number of ether oxygens (including phenoxy) is 2. The average Bonchev–Trinajstić information content (AvgIpc) is 2.69. The van der Waals surface area contributed by atoms with Crippen molar-refractivity contribution in [2.75, 3.05) is 11.9 Å². The summed E-state index contributed by atoms with van der Waals surface area (Å²) in [5, 5.41) is 30.5. The fourth-order valence-corrected chi connectivity index (χ4v) is 1.69. The maximum absolute atomic E-state index is 10.2. The number of hydrogen-bond donors (Lipinski definition) is 4. The Labute approximate surface area is 108 Å². The van der Waals surface area contributed by atoms with Crippen LogP contribution in [0, 0.1) is 0 Å². The number of amides is 1. The Kier molecular flexibility index (Phi) is 4.27. The van der Waals surface area contributed by atoms with Crippen molar-refractivity contribution in [1.29, 1.82) is 0 Å². The van der Waals surface area contributed by atoms with Crippen LogP contribution in [-0.2, 0) is 9.53 Å². The number of carbonyl (C=O) groups is 1. The molecule has 19 heavy (non-hydrogen) atoms. The molecule has 1 aromatic rings. The number of rotatable bonds is 5. The van der Waals surface area contributed by atoms with Crippen molar-refractivity contribution < 1.29 is 29.6 Å². The molecular weight excluding hydrogens is 256 g/mol. The molecular formula is C11H14N2O6. The lowest BCUT2D eigenvalue weighted by molar-refractivity contribution is -0.118. The largest absolute Gasteiger partial charge is 0.445 e. The number of aliphatic hydroxyl groups is 3. The van der Waals surface area contributed by atoms with E-state index in [2.05, 4.69) is 10.3 Å². The second kappa shape index (κ2) is 5.93. The van der Waals surface area contributed by atoms with Gasteiger partial charge >= 0.3 is 0 Å². The van der Waals surface area contributed by atoms with E-state index < -0.39 is 31.2 Å². The maximum Gasteiger partial charge on any atom is 0.231 e. The number of pyridine rings is 1. The van der Waals surface area contributed by atoms with E-state index in [9.17, 15) is 15.0 Å². The van der Waals surface area contributed by atoms with E-state index in [1.54, 1.807) is 6.07 Å². The van der Waals surface area contributed by atoms with Gasteiger partial charge in [0.1, 0.15) is 18.3 Å². The number of aromatic nitrogens is 1. The van der Waals surface area contributed by atoms with Crippen LogP contribution in [0.15, 0.2) is 18.3 Å². The summed E-state index contributed by atoms with van der Waals surface area (Å²) in [5.74, 6) is 0.159. The first kappa shape index (κ1) is 13.7. The van der Waals surface area contributed by atoms with Crippen molar-refractivity contribution in [3.05, 3.63) is 18.3 Å². The Morgan fingerprint density at radius 2 is 2.21 bits per heavy atom. The predicted octanol–water partition coefficient (Wildman–Crippen LogP) is -1.53. The van der Waals surface area contributed by atoms with E-state index >= 15 is 0 Å². The van der Waals surface area contributed by atoms with Crippen LogP contribution < -0.4 is 10.1 Å². The molecule has 4 atom stereocenters. The summed E-state index contributed by atoms with van der Waals surface area (Å²) in [6.07, 6.45) is -2.60. The molecule has 1 aliphatic rings. The number of hydrogen-bond acceptors (Lipinski definition) is 7. The van der Waals surface area contributed by atoms with Gasteiger partial charge in [-0.15, -0.1) is 0 Å². The van der Waals surface area contributed by atoms with E-state index in [0.29, 0.717) is 12.1 Å². The minimum absolute atomic E-state index is 0.159. The van der Waals surface area contributed by atoms with Gasteiger partial charge in [-0.1, -0.05) is 0 Å². The molecule has 4 N–H and O–H groups in total. The Morgan fingerprint density at radius 3 is 2.74 bits per heavy atom. The molecule has 104 valence electrons. The topological polar surface area (TPSA) is 121 Å². The highest BCUT2D eigenvalue weighted by Gasteiger charge is 2.44. The first-order chi connectivity index (χ1) is 9.15. The number of nitrogens with zero attached hydrogens (tertiary/aromatic N) is 1. The molecule has 0 aromatic carbocycles. The van der Waals surface area contributed by atoms with E-state index in [1.807, 2.05) is 0 Å². The quantitative estimate of drug-likeness (QED) is 0.479. The van der Waals surface area contributed by atoms with Crippen LogP contribution in [0.25, 0.3) is 0 Å². The van der Waals surface area contributed by atoms with Crippen LogP contribution in [0.4, 0.5) is 5.69 Å². The van der Waals surface area contributed by atoms with Crippen molar-refractivity contribution in [3.8, 4) is 5.88 Å². The van der Waals surface area contributed by atoms with Crippen molar-refractivity contribution in [3.63, 3.8) is 0 Å². The number of anilines is 1. The molecule has 0 saturated carbocycles. The number of carbonyl (C=O) groups excluding carboxylic acids is 1. The molecule has 1 aromatic heterocycles. The highest BCUT2D eigenvalue weighted by Crippen LogP contribution is 2.23. The van der Waals surface area contributed by atoms with Crippen LogP contribution in [0.2, 0.25) is 0 Å². The van der Waals surface area contributed by atoms with Crippen molar-refractivity contribution in [1.82, 2.24) is 4.98 Å². The van der Waals surface area contributed by atoms with Gasteiger partial charge in [0, 0.05) is 6.07 Å². The highest BCUT2D eigenvalue weighted by molar-refractivity contribution is 5.70. The van der Waals surface area contributed by atoms with Crippen molar-refractivity contribution in [2.24, 2.45) is 0 Å². The summed E-state index contributed by atoms with van der Waals surface area (Å²) in [6, 6.07) is 3.03. The highest BCUT2D eigenvalue weighted by atomic mass is 16.7. The molecule has 1 amide bonds. The average molecular weight is 270 g/mol. The fraction of sp³-hybridized carbons (Fsp3) is 0.455. The van der Waals surface area contributed by atoms with Crippen LogP contribution in [-0.4, -0.2) is 57.9 Å². The van der Waals surface area contributed by atoms with Crippen LogP contribution >= 0.6 is 0 Å². The lowest BCUT2D eigenvalue weighted by atomic mass is 10.1. The molecule has 8 nitrogen and oxygen atoms in total. The Hall–Kier alpha value is -1.74. The maximum atomic E-state index is 10.2. The zero-order valence-electron chi connectivity index (χ0n) is 9.84. The van der Waals surface area contributed by atoms with E-state index in [4.69, 9.17) is 14.6 Å². The first-order valence-corrected chi connectivity index (χ1v) is 5.61. The minimum Gasteiger partial charge on any atom is -0.445 e. The second-order valence-electron chi connectivity index (χ2n) is 3.97. The van der Waals surface area contributed by atoms with Gasteiger partial charge in [-0.2, -0.15) is 0 Å². The summed E-state index contributed by atoms with van der Waals surface area (Å²) in [4.78, 5) is 14.1. The summed E-state index contributed by atoms with van der Waals surface area (Å²) in [6.45, 7) is -0.423. The summed E-state index contributed by atoms with van der Waals surface area (Å²) >= 11 is 0. The summed E-state index contributed by atoms with van der Waals surface area (Å²) in [7, 11) is 0. The summed E-state index contributed by atoms with van der Waals surface area (Å²) < 4.78 is 10.4. The van der Waals surface area contributed by atoms with Gasteiger partial charge in [-0.05, 0) is 6.07 Å². The van der Waals surface area contributed by atoms with Crippen LogP contribution in [0.5, 0.6) is 5.88 Å². The van der Waals surface area contributed by atoms with Gasteiger partial charge in [-0.3, -0.25) is 4.79 Å². The first-order valence-electron chi connectivity index (χ1n) is 5.61. The van der Waals surface area contributed by atoms with E-state index in [1.165, 1.54) is 12.3 Å². The number of aliphatic hydroxyl groups excluding tert-OH is 3. The number of nitrogens with one attached hydrogen (secondary N) is 1. The monoisotopic (exact) mass is 270 g/mol. The molecule has 0 bridgehead atoms. The zero-order chi connectivity index (χ0) is 13.8. The smallest absolute Gasteiger partial charge is 0.231 e. The summed E-state index contributed by atoms with van der Waals surface area (Å²) in [5.41, 5.74) is 0.489. The van der Waals surface area contributed by atoms with E-state index in [-0.39, 0.29) is 5.88 Å². The Morgan fingerprint density at radius 1 is 1.42 bits per heavy atom. The zero-order valence-corrected chi connectivity index (χ0v) is 9.84. The van der Waals surface area contributed by atoms with Gasteiger partial charge in [0.2, 0.25) is 18.6 Å². The molecule has 2 heterocycles. The third-order valence-corrected chi connectivity index (χ3v) is 2.70. The molecule has 2 rings (SSSR count). The van der Waals surface area contributed by atoms with E-state index in [0.717, 1.165) is 0 Å². The molecule has 1 saturated heterocycles. The second-order valence-corrected chi connectivity index (χ2v) is 3.97. The van der Waals surface area contributed by atoms with Gasteiger partial charge in [0.05, 0.1) is 18.5 Å². The normalized spacial score (nSPS) is 30.1. The van der Waals surface area contributed by atoms with Crippen LogP contribution in [0.3, 0.4) is 0 Å². The molecule has 1 fully saturated rings. The Bertz CT molecular complexity index is 426. The fourth-order valence-electron chi connectivity index (χ4n) is 1.69. The minimum atomic E-state index is -1.27. The van der Waals surface area contributed by atoms with Crippen LogP contribution in [0.1, 0.15) is 0 Å². The van der Waals surface area contributed by atoms with Crippen molar-refractivity contribution >= 4 is 12.1 Å². The third kappa shape index (κ3) is 2.99. The van der Waals surface area contributed by atoms with Crippen molar-refractivity contribution in [2.45, 2.75) is 24.6 Å². The van der Waals surface area contributed by atoms with Gasteiger partial charge in [0.25, 0.3) is 0 Å². The van der Waals surface area contributed by atoms with Gasteiger partial charge < -0.3 is 30.1 Å². The Balaban J connectivity index is 1.99. The molecule has 0 aliphatic carbocycles. The molecule has 0 unspecified atom stereocenters. The molecule has 1 aliphatic heterocycles. The van der Waals surface area contributed by atoms with Gasteiger partial charge in [-0.25, -0.2) is 4.98 Å². The lowest BCUT2D eigenvalue weighted by Crippen LogP contribution is -2.35. The SMILES string of the molecule is O=CNc1ccc(O[C@@H]2O[C@H](CO)[C@@H](O)[C@H]2O)nc1. The van der Waals surface area contributed by atoms with Gasteiger partial charge in [0.15, 0.2) is 0 Å². The lowest BCUT2D eigenvalue weighted by Gasteiger charge is -2.15.